The van der Waals surface area contributed by atoms with Gasteiger partial charge in [0.15, 0.2) is 0 Å². The van der Waals surface area contributed by atoms with Gasteiger partial charge in [-0.1, -0.05) is 72.3 Å². The van der Waals surface area contributed by atoms with E-state index in [1.165, 1.54) is 5.56 Å². The van der Waals surface area contributed by atoms with E-state index < -0.39 is 0 Å². The summed E-state index contributed by atoms with van der Waals surface area (Å²) in [6.07, 6.45) is 4.14. The number of carbonyl (C=O) groups is 1. The van der Waals surface area contributed by atoms with Crippen LogP contribution in [0.5, 0.6) is 11.5 Å². The number of methoxy groups -OCH3 is 1. The Labute approximate surface area is 238 Å². The van der Waals surface area contributed by atoms with E-state index in [2.05, 4.69) is 11.1 Å². The Balaban J connectivity index is 1.34. The maximum absolute atomic E-state index is 13.7. The third-order valence-electron chi connectivity index (χ3n) is 7.37. The highest BCUT2D eigenvalue weighted by molar-refractivity contribution is 6.32. The van der Waals surface area contributed by atoms with Crippen molar-refractivity contribution in [2.45, 2.75) is 19.1 Å². The average Bonchev–Trinajstić information content (AvgIpc) is 3.37. The monoisotopic (exact) mass is 548 g/mol. The Morgan fingerprint density at radius 3 is 2.50 bits per heavy atom. The number of rotatable bonds is 7. The first kappa shape index (κ1) is 25.8. The van der Waals surface area contributed by atoms with Crippen molar-refractivity contribution in [3.8, 4) is 11.5 Å². The van der Waals surface area contributed by atoms with Gasteiger partial charge in [-0.2, -0.15) is 0 Å². The van der Waals surface area contributed by atoms with E-state index in [1.54, 1.807) is 19.3 Å². The first-order valence-corrected chi connectivity index (χ1v) is 13.7. The van der Waals surface area contributed by atoms with Gasteiger partial charge in [0.2, 0.25) is 5.91 Å². The lowest BCUT2D eigenvalue weighted by Gasteiger charge is -2.35. The molecule has 200 valence electrons. The van der Waals surface area contributed by atoms with Crippen LogP contribution in [0.2, 0.25) is 5.02 Å². The summed E-state index contributed by atoms with van der Waals surface area (Å²) in [6, 6.07) is 31.4. The summed E-state index contributed by atoms with van der Waals surface area (Å²) in [7, 11) is 1.68. The maximum atomic E-state index is 13.7. The lowest BCUT2D eigenvalue weighted by atomic mass is 9.92. The molecule has 6 rings (SSSR count). The fourth-order valence-corrected chi connectivity index (χ4v) is 5.53. The van der Waals surface area contributed by atoms with Crippen molar-refractivity contribution in [2.24, 2.45) is 0 Å². The Morgan fingerprint density at radius 1 is 0.975 bits per heavy atom. The van der Waals surface area contributed by atoms with Gasteiger partial charge in [0, 0.05) is 34.2 Å². The second-order valence-electron chi connectivity index (χ2n) is 9.81. The highest BCUT2D eigenvalue weighted by Gasteiger charge is 2.34. The summed E-state index contributed by atoms with van der Waals surface area (Å²) in [6.45, 7) is 1.08. The summed E-state index contributed by atoms with van der Waals surface area (Å²) in [5.74, 6) is 1.52. The van der Waals surface area contributed by atoms with Gasteiger partial charge >= 0.3 is 0 Å². The zero-order chi connectivity index (χ0) is 27.5. The van der Waals surface area contributed by atoms with Crippen LogP contribution in [0.25, 0.3) is 17.0 Å². The fraction of sp³-hybridized carbons (Fsp3) is 0.147. The van der Waals surface area contributed by atoms with E-state index in [1.807, 2.05) is 95.9 Å². The molecule has 0 saturated heterocycles. The summed E-state index contributed by atoms with van der Waals surface area (Å²) < 4.78 is 11.5. The number of aromatic nitrogens is 1. The standard InChI is InChI=1S/C34H29ClN2O3/c1-39-27-16-17-31-29(21-27)28-19-20-37(32(38)18-13-24-9-5-6-10-30(24)35)34(33(28)36-31)25-11-14-26(15-12-25)40-22-23-7-3-2-4-8-23/h2-18,21,34,36H,19-20,22H2,1H3/b18-13+. The predicted molar refractivity (Wildman–Crippen MR) is 160 cm³/mol. The summed E-state index contributed by atoms with van der Waals surface area (Å²) in [4.78, 5) is 19.2. The van der Waals surface area contributed by atoms with Gasteiger partial charge in [-0.25, -0.2) is 0 Å². The highest BCUT2D eigenvalue weighted by atomic mass is 35.5. The van der Waals surface area contributed by atoms with Gasteiger partial charge in [-0.05, 0) is 71.1 Å². The minimum absolute atomic E-state index is 0.0730. The number of nitrogens with zero attached hydrogens (tertiary/aromatic N) is 1. The van der Waals surface area contributed by atoms with Crippen LogP contribution in [0.1, 0.15) is 34.0 Å². The molecule has 0 spiro atoms. The van der Waals surface area contributed by atoms with Crippen LogP contribution in [0.4, 0.5) is 0 Å². The maximum Gasteiger partial charge on any atom is 0.247 e. The third kappa shape index (κ3) is 5.21. The van der Waals surface area contributed by atoms with Crippen LogP contribution >= 0.6 is 11.6 Å². The lowest BCUT2D eigenvalue weighted by molar-refractivity contribution is -0.128. The number of ether oxygens (including phenoxy) is 2. The molecule has 1 aliphatic rings. The van der Waals surface area contributed by atoms with Crippen molar-refractivity contribution >= 4 is 34.5 Å². The second-order valence-corrected chi connectivity index (χ2v) is 10.2. The van der Waals surface area contributed by atoms with Crippen molar-refractivity contribution < 1.29 is 14.3 Å². The number of halogens is 1. The fourth-order valence-electron chi connectivity index (χ4n) is 5.33. The van der Waals surface area contributed by atoms with Crippen molar-refractivity contribution in [2.75, 3.05) is 13.7 Å². The number of hydrogen-bond acceptors (Lipinski definition) is 3. The molecular formula is C34H29ClN2O3. The molecule has 0 aliphatic carbocycles. The molecule has 40 heavy (non-hydrogen) atoms. The molecule has 0 radical (unpaired) electrons. The van der Waals surface area contributed by atoms with E-state index in [-0.39, 0.29) is 11.9 Å². The molecule has 1 N–H and O–H groups in total. The first-order chi connectivity index (χ1) is 19.6. The van der Waals surface area contributed by atoms with Crippen LogP contribution in [0.15, 0.2) is 103 Å². The van der Waals surface area contributed by atoms with Gasteiger partial charge in [-0.15, -0.1) is 0 Å². The van der Waals surface area contributed by atoms with Gasteiger partial charge in [0.1, 0.15) is 18.1 Å². The summed E-state index contributed by atoms with van der Waals surface area (Å²) >= 11 is 6.33. The number of hydrogen-bond donors (Lipinski definition) is 1. The van der Waals surface area contributed by atoms with Gasteiger partial charge in [0.05, 0.1) is 13.2 Å². The van der Waals surface area contributed by atoms with Crippen molar-refractivity contribution in [3.63, 3.8) is 0 Å². The molecule has 1 amide bonds. The van der Waals surface area contributed by atoms with Crippen molar-refractivity contribution in [1.82, 2.24) is 9.88 Å². The van der Waals surface area contributed by atoms with Crippen molar-refractivity contribution in [1.29, 1.82) is 0 Å². The molecule has 0 saturated carbocycles. The van der Waals surface area contributed by atoms with E-state index >= 15 is 0 Å². The molecule has 6 heteroatoms. The molecule has 1 atom stereocenters. The van der Waals surface area contributed by atoms with Gasteiger partial charge in [0.25, 0.3) is 0 Å². The predicted octanol–water partition coefficient (Wildman–Crippen LogP) is 7.60. The molecule has 0 bridgehead atoms. The highest BCUT2D eigenvalue weighted by Crippen LogP contribution is 2.40. The zero-order valence-corrected chi connectivity index (χ0v) is 22.9. The largest absolute Gasteiger partial charge is 0.497 e. The smallest absolute Gasteiger partial charge is 0.247 e. The van der Waals surface area contributed by atoms with E-state index in [9.17, 15) is 4.79 Å². The molecule has 1 aromatic heterocycles. The van der Waals surface area contributed by atoms with E-state index in [0.29, 0.717) is 18.2 Å². The third-order valence-corrected chi connectivity index (χ3v) is 7.72. The zero-order valence-electron chi connectivity index (χ0n) is 22.1. The normalized spacial score (nSPS) is 14.8. The second kappa shape index (κ2) is 11.3. The SMILES string of the molecule is COc1ccc2[nH]c3c(c2c1)CCN(C(=O)/C=C/c1ccccc1Cl)C3c1ccc(OCc2ccccc2)cc1. The molecule has 4 aromatic carbocycles. The van der Waals surface area contributed by atoms with Crippen molar-refractivity contribution in [3.05, 3.63) is 136 Å². The summed E-state index contributed by atoms with van der Waals surface area (Å²) in [5, 5.41) is 1.74. The Kier molecular flexibility index (Phi) is 7.30. The molecule has 1 aliphatic heterocycles. The van der Waals surface area contributed by atoms with Crippen LogP contribution in [-0.4, -0.2) is 29.4 Å². The first-order valence-electron chi connectivity index (χ1n) is 13.3. The minimum Gasteiger partial charge on any atom is -0.497 e. The van der Waals surface area contributed by atoms with Crippen LogP contribution < -0.4 is 9.47 Å². The Hall–Kier alpha value is -4.48. The number of amides is 1. The number of nitrogens with one attached hydrogen (secondary N) is 1. The Bertz CT molecular complexity index is 1680. The molecule has 1 unspecified atom stereocenters. The molecule has 0 fully saturated rings. The van der Waals surface area contributed by atoms with E-state index in [4.69, 9.17) is 21.1 Å². The molecule has 5 aromatic rings. The number of benzene rings is 4. The summed E-state index contributed by atoms with van der Waals surface area (Å²) in [5.41, 5.74) is 6.18. The van der Waals surface area contributed by atoms with E-state index in [0.717, 1.165) is 51.2 Å². The molecule has 5 nitrogen and oxygen atoms in total. The number of carbonyl (C=O) groups excluding carboxylic acids is 1. The molecule has 2 heterocycles. The number of H-pyrrole nitrogens is 1. The van der Waals surface area contributed by atoms with Crippen LogP contribution in [0.3, 0.4) is 0 Å². The lowest BCUT2D eigenvalue weighted by Crippen LogP contribution is -2.39. The topological polar surface area (TPSA) is 54.6 Å². The van der Waals surface area contributed by atoms with Gasteiger partial charge < -0.3 is 19.4 Å². The number of aromatic amines is 1. The quantitative estimate of drug-likeness (QED) is 0.213. The van der Waals surface area contributed by atoms with Gasteiger partial charge in [-0.3, -0.25) is 4.79 Å². The average molecular weight is 549 g/mol. The van der Waals surface area contributed by atoms with Crippen LogP contribution in [0, 0.1) is 0 Å². The molecular weight excluding hydrogens is 520 g/mol. The Morgan fingerprint density at radius 2 is 1.73 bits per heavy atom. The number of fused-ring (bicyclic) bond motifs is 3. The van der Waals surface area contributed by atoms with Crippen LogP contribution in [-0.2, 0) is 17.8 Å². The minimum atomic E-state index is -0.284.